The number of hydrogen-bond acceptors (Lipinski definition) is 6. The number of carbonyl (C=O) groups is 3. The summed E-state index contributed by atoms with van der Waals surface area (Å²) < 4.78 is 16.8. The van der Waals surface area contributed by atoms with Crippen LogP contribution in [0.5, 0.6) is 0 Å². The smallest absolute Gasteiger partial charge is 0.306 e. The summed E-state index contributed by atoms with van der Waals surface area (Å²) in [5.74, 6) is -0.959. The maximum atomic E-state index is 12.8. The topological polar surface area (TPSA) is 78.9 Å². The van der Waals surface area contributed by atoms with E-state index in [0.29, 0.717) is 19.3 Å². The van der Waals surface area contributed by atoms with E-state index in [0.717, 1.165) is 83.5 Å². The molecule has 1 atom stereocenters. The molecule has 0 aliphatic carbocycles. The minimum atomic E-state index is -0.803. The zero-order chi connectivity index (χ0) is 47.2. The van der Waals surface area contributed by atoms with Gasteiger partial charge in [0.05, 0.1) is 0 Å². The summed E-state index contributed by atoms with van der Waals surface area (Å²) in [4.78, 5) is 38.0. The summed E-state index contributed by atoms with van der Waals surface area (Å²) >= 11 is 0. The Morgan fingerprint density at radius 1 is 0.323 bits per heavy atom. The van der Waals surface area contributed by atoms with Crippen LogP contribution in [0.1, 0.15) is 226 Å². The molecule has 368 valence electrons. The number of rotatable bonds is 46. The second-order valence-electron chi connectivity index (χ2n) is 17.3. The van der Waals surface area contributed by atoms with Crippen LogP contribution in [-0.4, -0.2) is 37.2 Å². The highest BCUT2D eigenvalue weighted by Gasteiger charge is 2.19. The van der Waals surface area contributed by atoms with Gasteiger partial charge in [-0.05, 0) is 64.2 Å². The number of esters is 3. The largest absolute Gasteiger partial charge is 0.462 e. The molecule has 0 aliphatic heterocycles. The van der Waals surface area contributed by atoms with E-state index in [9.17, 15) is 14.4 Å². The van der Waals surface area contributed by atoms with Crippen LogP contribution in [0, 0.1) is 0 Å². The van der Waals surface area contributed by atoms with Gasteiger partial charge in [-0.25, -0.2) is 0 Å². The zero-order valence-corrected chi connectivity index (χ0v) is 42.0. The van der Waals surface area contributed by atoms with E-state index >= 15 is 0 Å². The van der Waals surface area contributed by atoms with Crippen LogP contribution in [0.3, 0.4) is 0 Å². The average molecular weight is 901 g/mol. The molecule has 0 aromatic carbocycles. The van der Waals surface area contributed by atoms with Gasteiger partial charge in [-0.1, -0.05) is 252 Å². The summed E-state index contributed by atoms with van der Waals surface area (Å²) in [6.07, 6.45) is 70.6. The van der Waals surface area contributed by atoms with Crippen molar-refractivity contribution in [3.63, 3.8) is 0 Å². The van der Waals surface area contributed by atoms with E-state index in [-0.39, 0.29) is 31.1 Å². The van der Waals surface area contributed by atoms with Crippen LogP contribution < -0.4 is 0 Å². The summed E-state index contributed by atoms with van der Waals surface area (Å²) in [6, 6.07) is 0. The Balaban J connectivity index is 4.52. The Morgan fingerprint density at radius 3 is 1.00 bits per heavy atom. The lowest BCUT2D eigenvalue weighted by molar-refractivity contribution is -0.167. The first kappa shape index (κ1) is 61.1. The van der Waals surface area contributed by atoms with Gasteiger partial charge in [0, 0.05) is 19.3 Å². The van der Waals surface area contributed by atoms with Crippen LogP contribution in [0.4, 0.5) is 0 Å². The minimum absolute atomic E-state index is 0.0980. The summed E-state index contributed by atoms with van der Waals surface area (Å²) in [5.41, 5.74) is 0. The van der Waals surface area contributed by atoms with Gasteiger partial charge < -0.3 is 14.2 Å². The Morgan fingerprint density at radius 2 is 0.600 bits per heavy atom. The van der Waals surface area contributed by atoms with Gasteiger partial charge in [-0.2, -0.15) is 0 Å². The van der Waals surface area contributed by atoms with E-state index in [1.807, 2.05) is 72.9 Å². The molecule has 0 fully saturated rings. The highest BCUT2D eigenvalue weighted by molar-refractivity contribution is 5.71. The van der Waals surface area contributed by atoms with Crippen LogP contribution in [0.15, 0.2) is 109 Å². The van der Waals surface area contributed by atoms with Crippen molar-refractivity contribution in [1.29, 1.82) is 0 Å². The predicted octanol–water partition coefficient (Wildman–Crippen LogP) is 17.5. The van der Waals surface area contributed by atoms with Gasteiger partial charge in [0.15, 0.2) is 6.10 Å². The standard InChI is InChI=1S/C59H96O6/c1-4-7-10-13-16-19-22-25-27-28-29-30-32-34-37-40-43-46-49-52-58(61)64-55-56(54-63-57(60)51-48-45-42-39-36-33-24-21-18-15-12-9-6-3)65-59(62)53-50-47-44-41-38-35-31-26-23-20-17-14-11-8-5-2/h7,10,13,16-17,19-20,22-23,25-30,32,34,37,56H,4-6,8-9,11-12,14-15,18,21,24,31,33,35-36,38-55H2,1-3H3/b10-7-,16-13-,20-17-,22-19-,26-23-,27-25-,29-28+,32-30-,37-34-. The van der Waals surface area contributed by atoms with E-state index in [1.165, 1.54) is 103 Å². The number of unbranched alkanes of at least 4 members (excludes halogenated alkanes) is 24. The van der Waals surface area contributed by atoms with Crippen molar-refractivity contribution in [3.05, 3.63) is 109 Å². The van der Waals surface area contributed by atoms with E-state index in [2.05, 4.69) is 57.2 Å². The molecule has 0 aromatic rings. The fraction of sp³-hybridized carbons (Fsp3) is 0.644. The third-order valence-corrected chi connectivity index (χ3v) is 11.0. The molecule has 0 heterocycles. The number of allylic oxidation sites excluding steroid dienone is 18. The Kier molecular flexibility index (Phi) is 49.5. The molecular weight excluding hydrogens is 805 g/mol. The molecule has 0 spiro atoms. The van der Waals surface area contributed by atoms with Crippen molar-refractivity contribution in [2.24, 2.45) is 0 Å². The summed E-state index contributed by atoms with van der Waals surface area (Å²) in [6.45, 7) is 6.41. The summed E-state index contributed by atoms with van der Waals surface area (Å²) in [5, 5.41) is 0. The Labute approximate surface area is 400 Å². The highest BCUT2D eigenvalue weighted by Crippen LogP contribution is 2.15. The number of ether oxygens (including phenoxy) is 3. The lowest BCUT2D eigenvalue weighted by Gasteiger charge is -2.18. The third kappa shape index (κ3) is 50.9. The lowest BCUT2D eigenvalue weighted by atomic mass is 10.0. The van der Waals surface area contributed by atoms with E-state index < -0.39 is 6.10 Å². The molecule has 0 saturated heterocycles. The average Bonchev–Trinajstić information content (AvgIpc) is 3.30. The molecule has 0 aromatic heterocycles. The molecular formula is C59H96O6. The molecule has 0 N–H and O–H groups in total. The first-order valence-corrected chi connectivity index (χ1v) is 26.5. The van der Waals surface area contributed by atoms with Gasteiger partial charge >= 0.3 is 17.9 Å². The number of carbonyl (C=O) groups excluding carboxylic acids is 3. The maximum absolute atomic E-state index is 12.8. The SMILES string of the molecule is CC\C=C/C=C\C=C/C=C\C=C\C=C/C=C\CCCCCC(=O)OCC(COC(=O)CCCCCCCCCCCCCCC)OC(=O)CCCCCCCC/C=C\C=C/CCCCC. The van der Waals surface area contributed by atoms with Crippen LogP contribution in [-0.2, 0) is 28.6 Å². The fourth-order valence-corrected chi connectivity index (χ4v) is 7.00. The second-order valence-corrected chi connectivity index (χ2v) is 17.3. The molecule has 65 heavy (non-hydrogen) atoms. The minimum Gasteiger partial charge on any atom is -0.462 e. The summed E-state index contributed by atoms with van der Waals surface area (Å²) in [7, 11) is 0. The van der Waals surface area contributed by atoms with Crippen molar-refractivity contribution in [3.8, 4) is 0 Å². The molecule has 1 unspecified atom stereocenters. The van der Waals surface area contributed by atoms with Gasteiger partial charge in [-0.3, -0.25) is 14.4 Å². The van der Waals surface area contributed by atoms with Gasteiger partial charge in [0.2, 0.25) is 0 Å². The quantitative estimate of drug-likeness (QED) is 0.0262. The van der Waals surface area contributed by atoms with Crippen LogP contribution in [0.25, 0.3) is 0 Å². The fourth-order valence-electron chi connectivity index (χ4n) is 7.00. The molecule has 0 bridgehead atoms. The van der Waals surface area contributed by atoms with Gasteiger partial charge in [0.25, 0.3) is 0 Å². The molecule has 6 nitrogen and oxygen atoms in total. The number of hydrogen-bond donors (Lipinski definition) is 0. The van der Waals surface area contributed by atoms with E-state index in [4.69, 9.17) is 14.2 Å². The van der Waals surface area contributed by atoms with Gasteiger partial charge in [-0.15, -0.1) is 0 Å². The van der Waals surface area contributed by atoms with Crippen molar-refractivity contribution < 1.29 is 28.6 Å². The molecule has 0 radical (unpaired) electrons. The third-order valence-electron chi connectivity index (χ3n) is 11.0. The van der Waals surface area contributed by atoms with Crippen molar-refractivity contribution in [2.75, 3.05) is 13.2 Å². The maximum Gasteiger partial charge on any atom is 0.306 e. The second kappa shape index (κ2) is 52.7. The molecule has 0 rings (SSSR count). The normalized spacial score (nSPS) is 13.0. The predicted molar refractivity (Wildman–Crippen MR) is 279 cm³/mol. The molecule has 0 aliphatic rings. The molecule has 0 amide bonds. The van der Waals surface area contributed by atoms with Crippen LogP contribution >= 0.6 is 0 Å². The first-order valence-electron chi connectivity index (χ1n) is 26.5. The van der Waals surface area contributed by atoms with Crippen molar-refractivity contribution in [1.82, 2.24) is 0 Å². The first-order chi connectivity index (χ1) is 32.0. The monoisotopic (exact) mass is 901 g/mol. The van der Waals surface area contributed by atoms with Crippen molar-refractivity contribution >= 4 is 17.9 Å². The van der Waals surface area contributed by atoms with Crippen LogP contribution in [0.2, 0.25) is 0 Å². The Hall–Kier alpha value is -3.93. The lowest BCUT2D eigenvalue weighted by Crippen LogP contribution is -2.30. The van der Waals surface area contributed by atoms with Crippen molar-refractivity contribution in [2.45, 2.75) is 232 Å². The zero-order valence-electron chi connectivity index (χ0n) is 42.0. The highest BCUT2D eigenvalue weighted by atomic mass is 16.6. The Bertz CT molecular complexity index is 1360. The van der Waals surface area contributed by atoms with E-state index in [1.54, 1.807) is 0 Å². The molecule has 0 saturated carbocycles. The van der Waals surface area contributed by atoms with Gasteiger partial charge in [0.1, 0.15) is 13.2 Å². The molecule has 6 heteroatoms.